The summed E-state index contributed by atoms with van der Waals surface area (Å²) in [6.45, 7) is 3.01. The topological polar surface area (TPSA) is 50.7 Å². The van der Waals surface area contributed by atoms with Crippen molar-refractivity contribution in [1.29, 1.82) is 0 Å². The van der Waals surface area contributed by atoms with E-state index in [1.807, 2.05) is 12.1 Å². The lowest BCUT2D eigenvalue weighted by atomic mass is 10.2. The molecule has 0 aliphatic carbocycles. The SMILES string of the molecule is CCCNc1nccnc1-c1cccnc1. The smallest absolute Gasteiger partial charge is 0.152 e. The largest absolute Gasteiger partial charge is 0.368 e. The molecule has 82 valence electrons. The van der Waals surface area contributed by atoms with Crippen LogP contribution in [0.1, 0.15) is 13.3 Å². The lowest BCUT2D eigenvalue weighted by molar-refractivity contribution is 0.965. The molecule has 0 atom stereocenters. The molecule has 0 aliphatic rings. The van der Waals surface area contributed by atoms with Crippen LogP contribution >= 0.6 is 0 Å². The van der Waals surface area contributed by atoms with E-state index in [-0.39, 0.29) is 0 Å². The van der Waals surface area contributed by atoms with Crippen molar-refractivity contribution in [3.05, 3.63) is 36.9 Å². The van der Waals surface area contributed by atoms with Crippen molar-refractivity contribution in [2.24, 2.45) is 0 Å². The summed E-state index contributed by atoms with van der Waals surface area (Å²) in [6.07, 6.45) is 7.99. The van der Waals surface area contributed by atoms with Crippen LogP contribution in [0.5, 0.6) is 0 Å². The molecule has 0 radical (unpaired) electrons. The van der Waals surface area contributed by atoms with Crippen LogP contribution in [0.3, 0.4) is 0 Å². The zero-order valence-electron chi connectivity index (χ0n) is 9.22. The van der Waals surface area contributed by atoms with E-state index < -0.39 is 0 Å². The molecule has 2 heterocycles. The minimum absolute atomic E-state index is 0.817. The Bertz CT molecular complexity index is 442. The van der Waals surface area contributed by atoms with Gasteiger partial charge in [-0.2, -0.15) is 0 Å². The lowest BCUT2D eigenvalue weighted by Crippen LogP contribution is -2.04. The first-order valence-electron chi connectivity index (χ1n) is 5.37. The Balaban J connectivity index is 2.33. The third kappa shape index (κ3) is 2.34. The first-order chi connectivity index (χ1) is 7.92. The Kier molecular flexibility index (Phi) is 3.43. The van der Waals surface area contributed by atoms with E-state index in [1.54, 1.807) is 24.8 Å². The first kappa shape index (κ1) is 10.5. The van der Waals surface area contributed by atoms with Crippen molar-refractivity contribution >= 4 is 5.82 Å². The number of aromatic nitrogens is 3. The average molecular weight is 214 g/mol. The maximum absolute atomic E-state index is 4.34. The number of hydrogen-bond acceptors (Lipinski definition) is 4. The van der Waals surface area contributed by atoms with Gasteiger partial charge in [-0.05, 0) is 18.6 Å². The molecular weight excluding hydrogens is 200 g/mol. The Morgan fingerprint density at radius 3 is 2.81 bits per heavy atom. The molecule has 2 rings (SSSR count). The molecule has 16 heavy (non-hydrogen) atoms. The molecule has 0 bridgehead atoms. The standard InChI is InChI=1S/C12H14N4/c1-2-5-15-12-11(14-7-8-16-12)10-4-3-6-13-9-10/h3-4,6-9H,2,5H2,1H3,(H,15,16). The van der Waals surface area contributed by atoms with Gasteiger partial charge in [-0.15, -0.1) is 0 Å². The van der Waals surface area contributed by atoms with Gasteiger partial charge in [0.15, 0.2) is 5.82 Å². The minimum atomic E-state index is 0.817. The van der Waals surface area contributed by atoms with Crippen LogP contribution in [0.4, 0.5) is 5.82 Å². The number of hydrogen-bond donors (Lipinski definition) is 1. The number of nitrogens with one attached hydrogen (secondary N) is 1. The molecule has 4 heteroatoms. The first-order valence-corrected chi connectivity index (χ1v) is 5.37. The third-order valence-corrected chi connectivity index (χ3v) is 2.18. The molecule has 0 saturated heterocycles. The van der Waals surface area contributed by atoms with Gasteiger partial charge in [0.1, 0.15) is 5.69 Å². The summed E-state index contributed by atoms with van der Waals surface area (Å²) in [5.74, 6) is 0.817. The molecule has 0 fully saturated rings. The molecule has 2 aromatic heterocycles. The molecule has 1 N–H and O–H groups in total. The van der Waals surface area contributed by atoms with Crippen molar-refractivity contribution in [1.82, 2.24) is 15.0 Å². The highest BCUT2D eigenvalue weighted by Gasteiger charge is 2.06. The molecule has 0 spiro atoms. The van der Waals surface area contributed by atoms with Crippen LogP contribution in [0.15, 0.2) is 36.9 Å². The second-order valence-corrected chi connectivity index (χ2v) is 3.42. The third-order valence-electron chi connectivity index (χ3n) is 2.18. The van der Waals surface area contributed by atoms with Gasteiger partial charge in [-0.1, -0.05) is 6.92 Å². The zero-order chi connectivity index (χ0) is 11.2. The Labute approximate surface area is 94.8 Å². The minimum Gasteiger partial charge on any atom is -0.368 e. The maximum Gasteiger partial charge on any atom is 0.152 e. The van der Waals surface area contributed by atoms with Gasteiger partial charge in [0.2, 0.25) is 0 Å². The van der Waals surface area contributed by atoms with Gasteiger partial charge < -0.3 is 5.32 Å². The van der Waals surface area contributed by atoms with Crippen molar-refractivity contribution in [2.45, 2.75) is 13.3 Å². The number of pyridine rings is 1. The predicted molar refractivity (Wildman–Crippen MR) is 64.0 cm³/mol. The van der Waals surface area contributed by atoms with Gasteiger partial charge in [-0.25, -0.2) is 4.98 Å². The summed E-state index contributed by atoms with van der Waals surface area (Å²) in [5, 5.41) is 3.26. The quantitative estimate of drug-likeness (QED) is 0.848. The normalized spacial score (nSPS) is 10.1. The van der Waals surface area contributed by atoms with E-state index >= 15 is 0 Å². The summed E-state index contributed by atoms with van der Waals surface area (Å²) in [4.78, 5) is 12.7. The lowest BCUT2D eigenvalue weighted by Gasteiger charge is -2.08. The second-order valence-electron chi connectivity index (χ2n) is 3.42. The molecule has 4 nitrogen and oxygen atoms in total. The number of nitrogens with zero attached hydrogens (tertiary/aromatic N) is 3. The highest BCUT2D eigenvalue weighted by molar-refractivity contribution is 5.70. The second kappa shape index (κ2) is 5.21. The van der Waals surface area contributed by atoms with Crippen LogP contribution < -0.4 is 5.32 Å². The summed E-state index contributed by atoms with van der Waals surface area (Å²) in [5.41, 5.74) is 1.83. The summed E-state index contributed by atoms with van der Waals surface area (Å²) in [6, 6.07) is 3.88. The highest BCUT2D eigenvalue weighted by Crippen LogP contribution is 2.21. The van der Waals surface area contributed by atoms with E-state index in [1.165, 1.54) is 0 Å². The van der Waals surface area contributed by atoms with E-state index in [9.17, 15) is 0 Å². The fourth-order valence-electron chi connectivity index (χ4n) is 1.42. The Morgan fingerprint density at radius 1 is 1.19 bits per heavy atom. The van der Waals surface area contributed by atoms with Gasteiger partial charge in [-0.3, -0.25) is 9.97 Å². The van der Waals surface area contributed by atoms with Crippen LogP contribution in [-0.2, 0) is 0 Å². The van der Waals surface area contributed by atoms with Crippen LogP contribution in [0.25, 0.3) is 11.3 Å². The number of anilines is 1. The van der Waals surface area contributed by atoms with Crippen molar-refractivity contribution in [3.63, 3.8) is 0 Å². The fourth-order valence-corrected chi connectivity index (χ4v) is 1.42. The molecule has 0 aliphatic heterocycles. The summed E-state index contributed by atoms with van der Waals surface area (Å²) in [7, 11) is 0. The van der Waals surface area contributed by atoms with Gasteiger partial charge in [0.25, 0.3) is 0 Å². The van der Waals surface area contributed by atoms with E-state index in [4.69, 9.17) is 0 Å². The van der Waals surface area contributed by atoms with Gasteiger partial charge >= 0.3 is 0 Å². The average Bonchev–Trinajstić information content (AvgIpc) is 2.38. The predicted octanol–water partition coefficient (Wildman–Crippen LogP) is 2.36. The van der Waals surface area contributed by atoms with Crippen LogP contribution in [-0.4, -0.2) is 21.5 Å². The van der Waals surface area contributed by atoms with Crippen molar-refractivity contribution in [2.75, 3.05) is 11.9 Å². The Morgan fingerprint density at radius 2 is 2.06 bits per heavy atom. The van der Waals surface area contributed by atoms with E-state index in [2.05, 4.69) is 27.2 Å². The van der Waals surface area contributed by atoms with Crippen molar-refractivity contribution < 1.29 is 0 Å². The monoisotopic (exact) mass is 214 g/mol. The maximum atomic E-state index is 4.34. The van der Waals surface area contributed by atoms with Crippen LogP contribution in [0, 0.1) is 0 Å². The van der Waals surface area contributed by atoms with Gasteiger partial charge in [0, 0.05) is 36.9 Å². The van der Waals surface area contributed by atoms with E-state index in [0.717, 1.165) is 30.0 Å². The van der Waals surface area contributed by atoms with Gasteiger partial charge in [0.05, 0.1) is 0 Å². The summed E-state index contributed by atoms with van der Waals surface area (Å²) < 4.78 is 0. The van der Waals surface area contributed by atoms with Crippen molar-refractivity contribution in [3.8, 4) is 11.3 Å². The Hall–Kier alpha value is -1.97. The molecule has 0 aromatic carbocycles. The van der Waals surface area contributed by atoms with Crippen LogP contribution in [0.2, 0.25) is 0 Å². The highest BCUT2D eigenvalue weighted by atomic mass is 15.0. The molecule has 0 amide bonds. The number of rotatable bonds is 4. The summed E-state index contributed by atoms with van der Waals surface area (Å²) >= 11 is 0. The molecule has 0 unspecified atom stereocenters. The van der Waals surface area contributed by atoms with E-state index in [0.29, 0.717) is 0 Å². The zero-order valence-corrected chi connectivity index (χ0v) is 9.22. The molecule has 2 aromatic rings. The molecular formula is C12H14N4. The fraction of sp³-hybridized carbons (Fsp3) is 0.250. The molecule has 0 saturated carbocycles.